The second kappa shape index (κ2) is 7.05. The average molecular weight is 268 g/mol. The van der Waals surface area contributed by atoms with Crippen molar-refractivity contribution in [2.24, 2.45) is 5.73 Å². The quantitative estimate of drug-likeness (QED) is 0.619. The Kier molecular flexibility index (Phi) is 5.70. The van der Waals surface area contributed by atoms with E-state index in [0.717, 1.165) is 0 Å². The molecule has 0 radical (unpaired) electrons. The minimum Gasteiger partial charge on any atom is -0.395 e. The van der Waals surface area contributed by atoms with E-state index in [1.807, 2.05) is 0 Å². The summed E-state index contributed by atoms with van der Waals surface area (Å²) in [5, 5.41) is 17.8. The van der Waals surface area contributed by atoms with Crippen molar-refractivity contribution < 1.29 is 15.0 Å². The van der Waals surface area contributed by atoms with E-state index < -0.39 is 0 Å². The number of carbonyl (C=O) groups excluding carboxylic acids is 1. The maximum absolute atomic E-state index is 12.1. The van der Waals surface area contributed by atoms with Crippen LogP contribution in [0.5, 0.6) is 0 Å². The van der Waals surface area contributed by atoms with E-state index in [4.69, 9.17) is 28.2 Å². The molecular formula is C12H16N2O3S. The number of aliphatic hydroxyl groups is 2. The molecule has 0 spiro atoms. The number of benzene rings is 1. The van der Waals surface area contributed by atoms with Gasteiger partial charge in [0.15, 0.2) is 0 Å². The zero-order valence-electron chi connectivity index (χ0n) is 9.87. The highest BCUT2D eigenvalue weighted by Crippen LogP contribution is 2.08. The molecule has 0 saturated carbocycles. The standard InChI is InChI=1S/C12H16N2O3S/c13-11(18)9-2-1-3-10(8-9)12(17)14(4-6-15)5-7-16/h1-3,8,15-16H,4-7H2,(H2,13,18). The van der Waals surface area contributed by atoms with E-state index in [0.29, 0.717) is 11.1 Å². The Balaban J connectivity index is 2.93. The summed E-state index contributed by atoms with van der Waals surface area (Å²) < 4.78 is 0. The predicted octanol–water partition coefficient (Wildman–Crippen LogP) is -0.252. The van der Waals surface area contributed by atoms with Gasteiger partial charge in [-0.2, -0.15) is 0 Å². The topological polar surface area (TPSA) is 86.8 Å². The Morgan fingerprint density at radius 3 is 2.28 bits per heavy atom. The van der Waals surface area contributed by atoms with Gasteiger partial charge in [-0.15, -0.1) is 0 Å². The number of thiocarbonyl (C=S) groups is 1. The molecular weight excluding hydrogens is 252 g/mol. The van der Waals surface area contributed by atoms with Crippen LogP contribution in [0.2, 0.25) is 0 Å². The third-order valence-corrected chi connectivity index (χ3v) is 2.66. The molecule has 6 heteroatoms. The van der Waals surface area contributed by atoms with Crippen LogP contribution in [0.25, 0.3) is 0 Å². The average Bonchev–Trinajstić information content (AvgIpc) is 2.38. The first-order valence-electron chi connectivity index (χ1n) is 5.51. The summed E-state index contributed by atoms with van der Waals surface area (Å²) in [6, 6.07) is 6.66. The molecule has 0 unspecified atom stereocenters. The lowest BCUT2D eigenvalue weighted by atomic mass is 10.1. The zero-order chi connectivity index (χ0) is 13.5. The van der Waals surface area contributed by atoms with Crippen LogP contribution in [-0.4, -0.2) is 52.3 Å². The van der Waals surface area contributed by atoms with Gasteiger partial charge >= 0.3 is 0 Å². The van der Waals surface area contributed by atoms with Gasteiger partial charge in [-0.3, -0.25) is 4.79 Å². The molecule has 0 fully saturated rings. The van der Waals surface area contributed by atoms with Crippen LogP contribution in [0.3, 0.4) is 0 Å². The van der Waals surface area contributed by atoms with Gasteiger partial charge in [0.1, 0.15) is 4.99 Å². The highest BCUT2D eigenvalue weighted by atomic mass is 32.1. The van der Waals surface area contributed by atoms with Gasteiger partial charge in [-0.1, -0.05) is 24.4 Å². The number of nitrogens with two attached hydrogens (primary N) is 1. The molecule has 0 heterocycles. The van der Waals surface area contributed by atoms with Crippen LogP contribution in [-0.2, 0) is 0 Å². The molecule has 0 aromatic heterocycles. The lowest BCUT2D eigenvalue weighted by molar-refractivity contribution is 0.0685. The Morgan fingerprint density at radius 2 is 1.78 bits per heavy atom. The molecule has 0 aliphatic heterocycles. The van der Waals surface area contributed by atoms with Crippen molar-refractivity contribution in [2.45, 2.75) is 0 Å². The number of carbonyl (C=O) groups is 1. The van der Waals surface area contributed by atoms with Crippen molar-refractivity contribution >= 4 is 23.1 Å². The largest absolute Gasteiger partial charge is 0.395 e. The molecule has 18 heavy (non-hydrogen) atoms. The molecule has 0 aliphatic carbocycles. The van der Waals surface area contributed by atoms with E-state index in [1.165, 1.54) is 4.90 Å². The van der Waals surface area contributed by atoms with E-state index in [-0.39, 0.29) is 37.2 Å². The van der Waals surface area contributed by atoms with Crippen LogP contribution in [0, 0.1) is 0 Å². The van der Waals surface area contributed by atoms with Crippen molar-refractivity contribution in [3.8, 4) is 0 Å². The smallest absolute Gasteiger partial charge is 0.254 e. The molecule has 98 valence electrons. The third-order valence-electron chi connectivity index (χ3n) is 2.42. The first kappa shape index (κ1) is 14.6. The van der Waals surface area contributed by atoms with Crippen LogP contribution in [0.4, 0.5) is 0 Å². The van der Waals surface area contributed by atoms with E-state index >= 15 is 0 Å². The molecule has 1 amide bonds. The Labute approximate surface area is 111 Å². The minimum atomic E-state index is -0.267. The number of nitrogens with zero attached hydrogens (tertiary/aromatic N) is 1. The summed E-state index contributed by atoms with van der Waals surface area (Å²) in [6.07, 6.45) is 0. The summed E-state index contributed by atoms with van der Waals surface area (Å²) in [7, 11) is 0. The van der Waals surface area contributed by atoms with Gasteiger partial charge in [0, 0.05) is 24.2 Å². The first-order valence-corrected chi connectivity index (χ1v) is 5.92. The number of amides is 1. The van der Waals surface area contributed by atoms with E-state index in [1.54, 1.807) is 24.3 Å². The third kappa shape index (κ3) is 3.76. The number of rotatable bonds is 6. The molecule has 0 aliphatic rings. The molecule has 0 bridgehead atoms. The fraction of sp³-hybridized carbons (Fsp3) is 0.333. The second-order valence-electron chi connectivity index (χ2n) is 3.68. The molecule has 4 N–H and O–H groups in total. The summed E-state index contributed by atoms with van der Waals surface area (Å²) in [5.74, 6) is -0.267. The monoisotopic (exact) mass is 268 g/mol. The lowest BCUT2D eigenvalue weighted by Gasteiger charge is -2.20. The zero-order valence-corrected chi connectivity index (χ0v) is 10.7. The van der Waals surface area contributed by atoms with Gasteiger partial charge in [0.25, 0.3) is 5.91 Å². The van der Waals surface area contributed by atoms with Crippen molar-refractivity contribution in [1.29, 1.82) is 0 Å². The highest BCUT2D eigenvalue weighted by Gasteiger charge is 2.15. The summed E-state index contributed by atoms with van der Waals surface area (Å²) in [6.45, 7) is 0.0504. The van der Waals surface area contributed by atoms with Gasteiger partial charge in [-0.25, -0.2) is 0 Å². The van der Waals surface area contributed by atoms with Crippen molar-refractivity contribution in [1.82, 2.24) is 4.90 Å². The van der Waals surface area contributed by atoms with Crippen molar-refractivity contribution in [3.05, 3.63) is 35.4 Å². The summed E-state index contributed by atoms with van der Waals surface area (Å²) in [4.78, 5) is 13.7. The fourth-order valence-corrected chi connectivity index (χ4v) is 1.67. The van der Waals surface area contributed by atoms with Crippen LogP contribution >= 0.6 is 12.2 Å². The maximum Gasteiger partial charge on any atom is 0.254 e. The SMILES string of the molecule is NC(=S)c1cccc(C(=O)N(CCO)CCO)c1. The number of aliphatic hydroxyl groups excluding tert-OH is 2. The molecule has 1 aromatic rings. The van der Waals surface area contributed by atoms with E-state index in [9.17, 15) is 4.79 Å². The summed E-state index contributed by atoms with van der Waals surface area (Å²) in [5.41, 5.74) is 6.55. The molecule has 0 saturated heterocycles. The predicted molar refractivity (Wildman–Crippen MR) is 72.4 cm³/mol. The molecule has 1 aromatic carbocycles. The van der Waals surface area contributed by atoms with Crippen LogP contribution in [0.1, 0.15) is 15.9 Å². The summed E-state index contributed by atoms with van der Waals surface area (Å²) >= 11 is 4.85. The van der Waals surface area contributed by atoms with Crippen LogP contribution in [0.15, 0.2) is 24.3 Å². The maximum atomic E-state index is 12.1. The van der Waals surface area contributed by atoms with Gasteiger partial charge in [0.2, 0.25) is 0 Å². The van der Waals surface area contributed by atoms with Gasteiger partial charge in [-0.05, 0) is 12.1 Å². The van der Waals surface area contributed by atoms with Crippen molar-refractivity contribution in [3.63, 3.8) is 0 Å². The highest BCUT2D eigenvalue weighted by molar-refractivity contribution is 7.80. The van der Waals surface area contributed by atoms with Gasteiger partial charge in [0.05, 0.1) is 13.2 Å². The number of hydrogen-bond donors (Lipinski definition) is 3. The Hall–Kier alpha value is -1.50. The van der Waals surface area contributed by atoms with Gasteiger partial charge < -0.3 is 20.8 Å². The Morgan fingerprint density at radius 1 is 1.22 bits per heavy atom. The first-order chi connectivity index (χ1) is 8.60. The fourth-order valence-electron chi connectivity index (χ4n) is 1.54. The van der Waals surface area contributed by atoms with Crippen LogP contribution < -0.4 is 5.73 Å². The number of hydrogen-bond acceptors (Lipinski definition) is 4. The molecule has 0 atom stereocenters. The molecule has 5 nitrogen and oxygen atoms in total. The minimum absolute atomic E-state index is 0.152. The lowest BCUT2D eigenvalue weighted by Crippen LogP contribution is -2.36. The molecule has 1 rings (SSSR count). The Bertz CT molecular complexity index is 431. The normalized spacial score (nSPS) is 10.1. The second-order valence-corrected chi connectivity index (χ2v) is 4.12. The van der Waals surface area contributed by atoms with Crippen molar-refractivity contribution in [2.75, 3.05) is 26.3 Å². The van der Waals surface area contributed by atoms with E-state index in [2.05, 4.69) is 0 Å².